The number of carbonyl (C=O) groups is 2. The Morgan fingerprint density at radius 2 is 1.56 bits per heavy atom. The summed E-state index contributed by atoms with van der Waals surface area (Å²) in [5.41, 5.74) is 6.65. The Kier molecular flexibility index (Phi) is 8.82. The number of halogens is 4. The quantitative estimate of drug-likeness (QED) is 0.261. The zero-order valence-corrected chi connectivity index (χ0v) is 22.4. The summed E-state index contributed by atoms with van der Waals surface area (Å²) < 4.78 is 13.6. The number of hydrogen-bond acceptors (Lipinski definition) is 6. The summed E-state index contributed by atoms with van der Waals surface area (Å²) in [5.74, 6) is 0.0985. The number of phenolic OH excluding ortho intramolecular Hbond substituents is 1. The molecule has 0 aliphatic rings. The van der Waals surface area contributed by atoms with Gasteiger partial charge in [0.05, 0.1) is 14.3 Å². The van der Waals surface area contributed by atoms with Crippen LogP contribution in [0.1, 0.15) is 12.5 Å². The average molecular weight is 819 g/mol. The molecule has 2 aromatic rings. The van der Waals surface area contributed by atoms with Crippen LogP contribution in [-0.2, 0) is 20.7 Å². The predicted octanol–water partition coefficient (Wildman–Crippen LogP) is 4.56. The molecule has 27 heavy (non-hydrogen) atoms. The zero-order chi connectivity index (χ0) is 20.3. The van der Waals surface area contributed by atoms with Gasteiger partial charge in [-0.1, -0.05) is 0 Å². The molecule has 0 aliphatic carbocycles. The molecule has 0 unspecified atom stereocenters. The molecule has 144 valence electrons. The van der Waals surface area contributed by atoms with Crippen LogP contribution in [0.25, 0.3) is 0 Å². The van der Waals surface area contributed by atoms with Crippen molar-refractivity contribution in [2.75, 3.05) is 0 Å². The molecule has 0 aromatic heterocycles. The van der Waals surface area contributed by atoms with E-state index in [1.165, 1.54) is 0 Å². The normalized spacial score (nSPS) is 11.8. The Bertz CT molecular complexity index is 857. The fraction of sp³-hybridized carbons (Fsp3) is 0.176. The van der Waals surface area contributed by atoms with E-state index in [2.05, 4.69) is 49.9 Å². The second-order valence-corrected chi connectivity index (χ2v) is 10.1. The number of esters is 2. The van der Waals surface area contributed by atoms with Gasteiger partial charge in [-0.15, -0.1) is 0 Å². The molecular formula is C17H13I4NO5. The molecule has 1 atom stereocenters. The molecule has 0 spiro atoms. The van der Waals surface area contributed by atoms with Crippen molar-refractivity contribution in [1.29, 1.82) is 0 Å². The van der Waals surface area contributed by atoms with Crippen LogP contribution >= 0.6 is 90.4 Å². The van der Waals surface area contributed by atoms with Gasteiger partial charge in [-0.25, -0.2) is 4.79 Å². The van der Waals surface area contributed by atoms with E-state index in [0.29, 0.717) is 18.6 Å². The van der Waals surface area contributed by atoms with Crippen molar-refractivity contribution < 1.29 is 24.2 Å². The number of carbonyl (C=O) groups excluding carboxylic acids is 2. The molecule has 0 saturated carbocycles. The van der Waals surface area contributed by atoms with Crippen LogP contribution < -0.4 is 10.5 Å². The average Bonchev–Trinajstić information content (AvgIpc) is 2.55. The van der Waals surface area contributed by atoms with Gasteiger partial charge in [0.25, 0.3) is 0 Å². The van der Waals surface area contributed by atoms with Crippen LogP contribution in [0.4, 0.5) is 0 Å². The molecule has 0 fully saturated rings. The van der Waals surface area contributed by atoms with E-state index in [0.717, 1.165) is 19.6 Å². The summed E-state index contributed by atoms with van der Waals surface area (Å²) in [6.07, 6.45) is 0.243. The Balaban J connectivity index is 2.22. The third-order valence-electron chi connectivity index (χ3n) is 3.27. The lowest BCUT2D eigenvalue weighted by Gasteiger charge is -2.15. The van der Waals surface area contributed by atoms with Crippen molar-refractivity contribution >= 4 is 102 Å². The molecule has 2 rings (SSSR count). The lowest BCUT2D eigenvalue weighted by Crippen LogP contribution is -2.35. The zero-order valence-electron chi connectivity index (χ0n) is 13.8. The number of hydrogen-bond donors (Lipinski definition) is 2. The summed E-state index contributed by atoms with van der Waals surface area (Å²) in [6.45, 7) is 1.16. The highest BCUT2D eigenvalue weighted by molar-refractivity contribution is 14.1. The first kappa shape index (κ1) is 23.3. The summed E-state index contributed by atoms with van der Waals surface area (Å²) >= 11 is 8.40. The molecule has 0 amide bonds. The van der Waals surface area contributed by atoms with Crippen LogP contribution in [0.5, 0.6) is 17.2 Å². The van der Waals surface area contributed by atoms with Crippen molar-refractivity contribution in [3.63, 3.8) is 0 Å². The Hall–Kier alpha value is 0.0600. The summed E-state index contributed by atoms with van der Waals surface area (Å²) in [5, 5.41) is 9.88. The highest BCUT2D eigenvalue weighted by Gasteiger charge is 2.19. The lowest BCUT2D eigenvalue weighted by atomic mass is 10.1. The van der Waals surface area contributed by atoms with Gasteiger partial charge in [-0.2, -0.15) is 0 Å². The fourth-order valence-electron chi connectivity index (χ4n) is 2.10. The van der Waals surface area contributed by atoms with Crippen molar-refractivity contribution in [2.24, 2.45) is 5.73 Å². The Labute approximate surface area is 210 Å². The van der Waals surface area contributed by atoms with Crippen molar-refractivity contribution in [3.05, 3.63) is 44.1 Å². The van der Waals surface area contributed by atoms with Crippen molar-refractivity contribution in [1.82, 2.24) is 0 Å². The third kappa shape index (κ3) is 6.53. The second-order valence-electron chi connectivity index (χ2n) is 5.45. The van der Waals surface area contributed by atoms with E-state index < -0.39 is 18.0 Å². The minimum atomic E-state index is -0.924. The van der Waals surface area contributed by atoms with Gasteiger partial charge >= 0.3 is 11.9 Å². The number of phenols is 1. The summed E-state index contributed by atoms with van der Waals surface area (Å²) in [7, 11) is 0. The van der Waals surface area contributed by atoms with Crippen LogP contribution in [0.3, 0.4) is 0 Å². The monoisotopic (exact) mass is 819 g/mol. The topological polar surface area (TPSA) is 98.9 Å². The first-order valence-electron chi connectivity index (χ1n) is 7.40. The molecule has 0 aliphatic heterocycles. The van der Waals surface area contributed by atoms with E-state index >= 15 is 0 Å². The van der Waals surface area contributed by atoms with Gasteiger partial charge in [0.1, 0.15) is 17.5 Å². The number of nitrogens with two attached hydrogens (primary N) is 1. The summed E-state index contributed by atoms with van der Waals surface area (Å²) in [4.78, 5) is 22.6. The predicted molar refractivity (Wildman–Crippen MR) is 134 cm³/mol. The number of aromatic hydroxyl groups is 1. The highest BCUT2D eigenvalue weighted by Crippen LogP contribution is 2.36. The van der Waals surface area contributed by atoms with Gasteiger partial charge < -0.3 is 20.3 Å². The summed E-state index contributed by atoms with van der Waals surface area (Å²) in [6, 6.07) is 6.33. The number of ether oxygens (including phenoxy) is 2. The van der Waals surface area contributed by atoms with Gasteiger partial charge in [-0.05, 0) is 127 Å². The first-order chi connectivity index (χ1) is 12.6. The molecule has 0 radical (unpaired) electrons. The largest absolute Gasteiger partial charge is 0.506 e. The van der Waals surface area contributed by atoms with Crippen molar-refractivity contribution in [3.8, 4) is 17.2 Å². The van der Waals surface area contributed by atoms with Gasteiger partial charge in [0, 0.05) is 6.92 Å². The number of benzene rings is 2. The molecule has 3 N–H and O–H groups in total. The second kappa shape index (κ2) is 10.2. The van der Waals surface area contributed by atoms with E-state index in [1.54, 1.807) is 12.1 Å². The minimum absolute atomic E-state index is 0.231. The van der Waals surface area contributed by atoms with Crippen LogP contribution in [0, 0.1) is 14.3 Å². The van der Waals surface area contributed by atoms with Crippen LogP contribution in [0.2, 0.25) is 0 Å². The third-order valence-corrected chi connectivity index (χ3v) is 6.52. The van der Waals surface area contributed by atoms with Gasteiger partial charge in [0.2, 0.25) is 0 Å². The van der Waals surface area contributed by atoms with Crippen LogP contribution in [0.15, 0.2) is 24.3 Å². The highest BCUT2D eigenvalue weighted by atomic mass is 127. The Morgan fingerprint density at radius 1 is 1.04 bits per heavy atom. The van der Waals surface area contributed by atoms with E-state index in [1.807, 2.05) is 57.3 Å². The fourth-order valence-corrected chi connectivity index (χ4v) is 5.93. The van der Waals surface area contributed by atoms with Crippen molar-refractivity contribution in [2.45, 2.75) is 19.4 Å². The SMILES string of the molecule is CC(=O)OC(=O)[C@@H](N)Cc1cc(I)c(Oc2cc(I)c(O)c(I)c2)c(I)c1. The molecular weight excluding hydrogens is 806 g/mol. The van der Waals surface area contributed by atoms with E-state index in [4.69, 9.17) is 10.5 Å². The maximum atomic E-state index is 11.7. The molecule has 10 heteroatoms. The first-order valence-corrected chi connectivity index (χ1v) is 11.7. The maximum absolute atomic E-state index is 11.7. The lowest BCUT2D eigenvalue weighted by molar-refractivity contribution is -0.159. The molecule has 2 aromatic carbocycles. The Morgan fingerprint density at radius 3 is 2.04 bits per heavy atom. The number of rotatable bonds is 5. The van der Waals surface area contributed by atoms with E-state index in [9.17, 15) is 14.7 Å². The van der Waals surface area contributed by atoms with Crippen LogP contribution in [-0.4, -0.2) is 23.1 Å². The molecule has 0 heterocycles. The molecule has 6 nitrogen and oxygen atoms in total. The minimum Gasteiger partial charge on any atom is -0.506 e. The molecule has 0 bridgehead atoms. The maximum Gasteiger partial charge on any atom is 0.330 e. The van der Waals surface area contributed by atoms with E-state index in [-0.39, 0.29) is 12.2 Å². The van der Waals surface area contributed by atoms with Gasteiger partial charge in [0.15, 0.2) is 5.75 Å². The smallest absolute Gasteiger partial charge is 0.330 e. The van der Waals surface area contributed by atoms with Gasteiger partial charge in [-0.3, -0.25) is 4.79 Å². The standard InChI is InChI=1S/C17H13I4NO5/c1-7(23)26-17(25)14(22)4-8-2-12(20)16(13(21)3-8)27-9-5-10(18)15(24)11(19)6-9/h2-3,5-6,14,24H,4,22H2,1H3/t14-/m0/s1. The molecule has 0 saturated heterocycles.